The lowest BCUT2D eigenvalue weighted by Gasteiger charge is -2.07. The molecule has 108 valence electrons. The molecular weight excluding hydrogens is 262 g/mol. The summed E-state index contributed by atoms with van der Waals surface area (Å²) in [5.41, 5.74) is 6.71. The molecule has 0 aliphatic carbocycles. The Morgan fingerprint density at radius 2 is 1.81 bits per heavy atom. The van der Waals surface area contributed by atoms with E-state index in [1.54, 1.807) is 6.21 Å². The van der Waals surface area contributed by atoms with E-state index >= 15 is 0 Å². The van der Waals surface area contributed by atoms with Crippen LogP contribution in [0.2, 0.25) is 0 Å². The zero-order valence-corrected chi connectivity index (χ0v) is 12.3. The van der Waals surface area contributed by atoms with Crippen molar-refractivity contribution >= 4 is 17.8 Å². The van der Waals surface area contributed by atoms with Gasteiger partial charge < -0.3 is 5.32 Å². The summed E-state index contributed by atoms with van der Waals surface area (Å²) >= 11 is 0. The minimum absolute atomic E-state index is 0.179. The van der Waals surface area contributed by atoms with E-state index in [4.69, 9.17) is 0 Å². The molecular formula is C17H19N3O. The number of carbonyl (C=O) groups excluding carboxylic acids is 1. The summed E-state index contributed by atoms with van der Waals surface area (Å²) in [5.74, 6) is -0.179. The van der Waals surface area contributed by atoms with Crippen LogP contribution < -0.4 is 10.7 Å². The molecule has 2 N–H and O–H groups in total. The minimum Gasteiger partial charge on any atom is -0.376 e. The molecule has 2 aromatic carbocycles. The minimum atomic E-state index is -0.179. The second-order valence-corrected chi connectivity index (χ2v) is 4.87. The highest BCUT2D eigenvalue weighted by Crippen LogP contribution is 2.12. The number of para-hydroxylation sites is 1. The van der Waals surface area contributed by atoms with Crippen LogP contribution in [0.25, 0.3) is 0 Å². The molecule has 21 heavy (non-hydrogen) atoms. The highest BCUT2D eigenvalue weighted by atomic mass is 16.2. The van der Waals surface area contributed by atoms with Gasteiger partial charge >= 0.3 is 0 Å². The molecule has 0 fully saturated rings. The van der Waals surface area contributed by atoms with E-state index in [1.165, 1.54) is 5.56 Å². The molecule has 0 aliphatic heterocycles. The van der Waals surface area contributed by atoms with Crippen LogP contribution in [-0.2, 0) is 4.79 Å². The molecule has 1 amide bonds. The Labute approximate surface area is 124 Å². The molecule has 0 atom stereocenters. The maximum absolute atomic E-state index is 11.7. The summed E-state index contributed by atoms with van der Waals surface area (Å²) in [5, 5.41) is 7.02. The number of benzene rings is 2. The molecule has 4 heteroatoms. The Balaban J connectivity index is 1.80. The fraction of sp³-hybridized carbons (Fsp3) is 0.176. The van der Waals surface area contributed by atoms with Crippen LogP contribution in [0.5, 0.6) is 0 Å². The molecule has 0 radical (unpaired) electrons. The van der Waals surface area contributed by atoms with Gasteiger partial charge in [-0.3, -0.25) is 4.79 Å². The SMILES string of the molecule is Cc1ccc(C=NNC(=O)CNc2ccccc2C)cc1. The average Bonchev–Trinajstić information content (AvgIpc) is 2.48. The average molecular weight is 281 g/mol. The van der Waals surface area contributed by atoms with Gasteiger partial charge in [0, 0.05) is 5.69 Å². The largest absolute Gasteiger partial charge is 0.376 e. The number of hydrogen-bond donors (Lipinski definition) is 2. The Hall–Kier alpha value is -2.62. The Morgan fingerprint density at radius 3 is 2.52 bits per heavy atom. The summed E-state index contributed by atoms with van der Waals surface area (Å²) in [6.07, 6.45) is 1.63. The van der Waals surface area contributed by atoms with Crippen molar-refractivity contribution in [2.75, 3.05) is 11.9 Å². The van der Waals surface area contributed by atoms with Gasteiger partial charge in [0.1, 0.15) is 0 Å². The van der Waals surface area contributed by atoms with E-state index in [-0.39, 0.29) is 12.5 Å². The molecule has 0 aromatic heterocycles. The first-order valence-corrected chi connectivity index (χ1v) is 6.83. The van der Waals surface area contributed by atoms with Gasteiger partial charge in [-0.05, 0) is 31.0 Å². The Bertz CT molecular complexity index is 633. The third-order valence-corrected chi connectivity index (χ3v) is 3.06. The topological polar surface area (TPSA) is 53.5 Å². The van der Waals surface area contributed by atoms with E-state index in [1.807, 2.05) is 62.4 Å². The maximum Gasteiger partial charge on any atom is 0.259 e. The summed E-state index contributed by atoms with van der Waals surface area (Å²) in [6.45, 7) is 4.21. The van der Waals surface area contributed by atoms with E-state index in [0.29, 0.717) is 0 Å². The van der Waals surface area contributed by atoms with Gasteiger partial charge in [0.25, 0.3) is 5.91 Å². The number of rotatable bonds is 5. The standard InChI is InChI=1S/C17H19N3O/c1-13-7-9-15(10-8-13)11-19-20-17(21)12-18-16-6-4-3-5-14(16)2/h3-11,18H,12H2,1-2H3,(H,20,21). The van der Waals surface area contributed by atoms with Crippen molar-refractivity contribution in [1.82, 2.24) is 5.43 Å². The molecule has 0 heterocycles. The maximum atomic E-state index is 11.7. The van der Waals surface area contributed by atoms with Crippen molar-refractivity contribution in [2.45, 2.75) is 13.8 Å². The van der Waals surface area contributed by atoms with E-state index < -0.39 is 0 Å². The summed E-state index contributed by atoms with van der Waals surface area (Å²) in [4.78, 5) is 11.7. The van der Waals surface area contributed by atoms with E-state index in [2.05, 4.69) is 15.8 Å². The smallest absolute Gasteiger partial charge is 0.259 e. The summed E-state index contributed by atoms with van der Waals surface area (Å²) in [6, 6.07) is 15.8. The predicted octanol–water partition coefficient (Wildman–Crippen LogP) is 2.87. The number of amides is 1. The lowest BCUT2D eigenvalue weighted by atomic mass is 10.2. The zero-order chi connectivity index (χ0) is 15.1. The van der Waals surface area contributed by atoms with Crippen molar-refractivity contribution in [2.24, 2.45) is 5.10 Å². The Morgan fingerprint density at radius 1 is 1.10 bits per heavy atom. The number of carbonyl (C=O) groups is 1. The van der Waals surface area contributed by atoms with Crippen LogP contribution >= 0.6 is 0 Å². The molecule has 2 rings (SSSR count). The van der Waals surface area contributed by atoms with Gasteiger partial charge in [0.15, 0.2) is 0 Å². The zero-order valence-electron chi connectivity index (χ0n) is 12.3. The van der Waals surface area contributed by atoms with Crippen molar-refractivity contribution in [3.05, 3.63) is 65.2 Å². The van der Waals surface area contributed by atoms with E-state index in [0.717, 1.165) is 16.8 Å². The van der Waals surface area contributed by atoms with Crippen molar-refractivity contribution in [1.29, 1.82) is 0 Å². The van der Waals surface area contributed by atoms with Gasteiger partial charge in [-0.1, -0.05) is 48.0 Å². The second kappa shape index (κ2) is 7.24. The van der Waals surface area contributed by atoms with Gasteiger partial charge in [0.2, 0.25) is 0 Å². The monoisotopic (exact) mass is 281 g/mol. The lowest BCUT2D eigenvalue weighted by Crippen LogP contribution is -2.26. The van der Waals surface area contributed by atoms with Crippen molar-refractivity contribution in [3.8, 4) is 0 Å². The van der Waals surface area contributed by atoms with Crippen LogP contribution in [0.3, 0.4) is 0 Å². The van der Waals surface area contributed by atoms with Crippen LogP contribution in [0.1, 0.15) is 16.7 Å². The predicted molar refractivity (Wildman–Crippen MR) is 86.6 cm³/mol. The lowest BCUT2D eigenvalue weighted by molar-refractivity contribution is -0.119. The first-order valence-electron chi connectivity index (χ1n) is 6.83. The molecule has 0 unspecified atom stereocenters. The molecule has 0 aliphatic rings. The quantitative estimate of drug-likeness (QED) is 0.654. The van der Waals surface area contributed by atoms with Gasteiger partial charge in [-0.2, -0.15) is 5.10 Å². The third kappa shape index (κ3) is 4.76. The first kappa shape index (κ1) is 14.8. The van der Waals surface area contributed by atoms with Gasteiger partial charge in [0.05, 0.1) is 12.8 Å². The van der Waals surface area contributed by atoms with Crippen LogP contribution in [0, 0.1) is 13.8 Å². The van der Waals surface area contributed by atoms with Crippen LogP contribution in [-0.4, -0.2) is 18.7 Å². The van der Waals surface area contributed by atoms with Crippen molar-refractivity contribution < 1.29 is 4.79 Å². The number of nitrogens with one attached hydrogen (secondary N) is 2. The van der Waals surface area contributed by atoms with Gasteiger partial charge in [-0.25, -0.2) is 5.43 Å². The highest BCUT2D eigenvalue weighted by molar-refractivity contribution is 5.84. The Kier molecular flexibility index (Phi) is 5.10. The van der Waals surface area contributed by atoms with Crippen LogP contribution in [0.15, 0.2) is 53.6 Å². The molecule has 0 bridgehead atoms. The number of nitrogens with zero attached hydrogens (tertiary/aromatic N) is 1. The summed E-state index contributed by atoms with van der Waals surface area (Å²) in [7, 11) is 0. The first-order chi connectivity index (χ1) is 10.1. The number of aryl methyl sites for hydroxylation is 2. The van der Waals surface area contributed by atoms with E-state index in [9.17, 15) is 4.79 Å². The molecule has 4 nitrogen and oxygen atoms in total. The third-order valence-electron chi connectivity index (χ3n) is 3.06. The molecule has 0 saturated heterocycles. The molecule has 0 saturated carbocycles. The fourth-order valence-corrected chi connectivity index (χ4v) is 1.82. The number of anilines is 1. The second-order valence-electron chi connectivity index (χ2n) is 4.87. The molecule has 2 aromatic rings. The van der Waals surface area contributed by atoms with Gasteiger partial charge in [-0.15, -0.1) is 0 Å². The van der Waals surface area contributed by atoms with Crippen molar-refractivity contribution in [3.63, 3.8) is 0 Å². The normalized spacial score (nSPS) is 10.6. The number of hydrazone groups is 1. The number of hydrogen-bond acceptors (Lipinski definition) is 3. The van der Waals surface area contributed by atoms with Crippen LogP contribution in [0.4, 0.5) is 5.69 Å². The highest BCUT2D eigenvalue weighted by Gasteiger charge is 2.00. The molecule has 0 spiro atoms. The fourth-order valence-electron chi connectivity index (χ4n) is 1.82. The summed E-state index contributed by atoms with van der Waals surface area (Å²) < 4.78 is 0.